The molecule has 0 heterocycles. The molecule has 0 bridgehead atoms. The SMILES string of the molecule is O=C(NNc1c(Cl)cc(Cl)cc1Cl)c1ccccc1[N+](=O)[O-]. The smallest absolute Gasteiger partial charge is 0.282 e. The van der Waals surface area contributed by atoms with Crippen molar-refractivity contribution in [3.05, 3.63) is 67.1 Å². The summed E-state index contributed by atoms with van der Waals surface area (Å²) >= 11 is 17.7. The molecule has 0 aliphatic carbocycles. The number of para-hydroxylation sites is 1. The maximum absolute atomic E-state index is 12.0. The highest BCUT2D eigenvalue weighted by molar-refractivity contribution is 6.41. The first-order valence-corrected chi connectivity index (χ1v) is 6.98. The van der Waals surface area contributed by atoms with Gasteiger partial charge in [-0.1, -0.05) is 46.9 Å². The van der Waals surface area contributed by atoms with E-state index in [2.05, 4.69) is 10.9 Å². The van der Waals surface area contributed by atoms with Crippen molar-refractivity contribution in [2.75, 3.05) is 5.43 Å². The van der Waals surface area contributed by atoms with E-state index in [-0.39, 0.29) is 27.0 Å². The molecule has 2 N–H and O–H groups in total. The number of anilines is 1. The van der Waals surface area contributed by atoms with Crippen LogP contribution in [0, 0.1) is 10.1 Å². The Bertz CT molecular complexity index is 729. The number of amides is 1. The molecule has 0 aromatic heterocycles. The third kappa shape index (κ3) is 3.59. The number of nitro groups is 1. The van der Waals surface area contributed by atoms with Gasteiger partial charge < -0.3 is 0 Å². The lowest BCUT2D eigenvalue weighted by atomic mass is 10.2. The fourth-order valence-corrected chi connectivity index (χ4v) is 2.58. The van der Waals surface area contributed by atoms with Crippen LogP contribution in [-0.4, -0.2) is 10.8 Å². The first-order chi connectivity index (χ1) is 10.4. The molecule has 2 rings (SSSR count). The third-order valence-corrected chi connectivity index (χ3v) is 3.47. The summed E-state index contributed by atoms with van der Waals surface area (Å²) < 4.78 is 0. The molecule has 114 valence electrons. The van der Waals surface area contributed by atoms with Crippen LogP contribution in [-0.2, 0) is 0 Å². The minimum atomic E-state index is -0.700. The standard InChI is InChI=1S/C13H8Cl3N3O3/c14-7-5-9(15)12(10(16)6-7)17-18-13(20)8-3-1-2-4-11(8)19(21)22/h1-6,17H,(H,18,20). The minimum absolute atomic E-state index is 0.0961. The lowest BCUT2D eigenvalue weighted by Crippen LogP contribution is -2.30. The summed E-state index contributed by atoms with van der Waals surface area (Å²) in [6, 6.07) is 8.43. The number of benzene rings is 2. The second kappa shape index (κ2) is 6.83. The van der Waals surface area contributed by atoms with Gasteiger partial charge in [0.1, 0.15) is 5.56 Å². The van der Waals surface area contributed by atoms with E-state index >= 15 is 0 Å². The average molecular weight is 361 g/mol. The molecule has 0 unspecified atom stereocenters. The normalized spacial score (nSPS) is 10.1. The monoisotopic (exact) mass is 359 g/mol. The second-order valence-electron chi connectivity index (χ2n) is 4.10. The summed E-state index contributed by atoms with van der Waals surface area (Å²) in [5, 5.41) is 11.6. The fourth-order valence-electron chi connectivity index (χ4n) is 1.67. The molecule has 0 aliphatic rings. The number of rotatable bonds is 4. The molecular formula is C13H8Cl3N3O3. The van der Waals surface area contributed by atoms with Gasteiger partial charge >= 0.3 is 0 Å². The van der Waals surface area contributed by atoms with Gasteiger partial charge in [-0.2, -0.15) is 0 Å². The number of hydrogen-bond donors (Lipinski definition) is 2. The Labute approximate surface area is 140 Å². The van der Waals surface area contributed by atoms with E-state index in [4.69, 9.17) is 34.8 Å². The number of nitrogens with one attached hydrogen (secondary N) is 2. The number of halogens is 3. The van der Waals surface area contributed by atoms with Crippen molar-refractivity contribution in [1.82, 2.24) is 5.43 Å². The number of nitro benzene ring substituents is 1. The lowest BCUT2D eigenvalue weighted by Gasteiger charge is -2.12. The van der Waals surface area contributed by atoms with Crippen molar-refractivity contribution < 1.29 is 9.72 Å². The number of hydrazine groups is 1. The molecule has 0 saturated carbocycles. The van der Waals surface area contributed by atoms with Gasteiger partial charge in [-0.3, -0.25) is 25.8 Å². The Morgan fingerprint density at radius 1 is 1.09 bits per heavy atom. The molecule has 0 saturated heterocycles. The maximum Gasteiger partial charge on any atom is 0.282 e. The predicted octanol–water partition coefficient (Wildman–Crippen LogP) is 4.31. The molecule has 1 amide bonds. The highest BCUT2D eigenvalue weighted by Crippen LogP contribution is 2.33. The molecule has 0 fully saturated rings. The van der Waals surface area contributed by atoms with Gasteiger partial charge in [-0.05, 0) is 18.2 Å². The summed E-state index contributed by atoms with van der Waals surface area (Å²) in [5.41, 5.74) is 4.66. The number of hydrogen-bond acceptors (Lipinski definition) is 4. The topological polar surface area (TPSA) is 84.3 Å². The van der Waals surface area contributed by atoms with Gasteiger partial charge in [0.2, 0.25) is 0 Å². The summed E-state index contributed by atoms with van der Waals surface area (Å²) in [7, 11) is 0. The Hall–Kier alpha value is -2.02. The van der Waals surface area contributed by atoms with Gasteiger partial charge in [0.25, 0.3) is 11.6 Å². The highest BCUT2D eigenvalue weighted by atomic mass is 35.5. The first kappa shape index (κ1) is 16.4. The van der Waals surface area contributed by atoms with Crippen molar-refractivity contribution >= 4 is 52.1 Å². The van der Waals surface area contributed by atoms with Crippen LogP contribution in [0.2, 0.25) is 15.1 Å². The van der Waals surface area contributed by atoms with Crippen LogP contribution in [0.1, 0.15) is 10.4 Å². The number of carbonyl (C=O) groups excluding carboxylic acids is 1. The van der Waals surface area contributed by atoms with Crippen molar-refractivity contribution in [1.29, 1.82) is 0 Å². The maximum atomic E-state index is 12.0. The minimum Gasteiger partial charge on any atom is -0.295 e. The molecule has 0 aliphatic heterocycles. The molecule has 22 heavy (non-hydrogen) atoms. The summed E-state index contributed by atoms with van der Waals surface area (Å²) in [4.78, 5) is 22.3. The molecule has 2 aromatic rings. The zero-order valence-corrected chi connectivity index (χ0v) is 13.0. The van der Waals surface area contributed by atoms with E-state index in [0.717, 1.165) is 0 Å². The molecule has 2 aromatic carbocycles. The Balaban J connectivity index is 2.20. The second-order valence-corrected chi connectivity index (χ2v) is 5.35. The van der Waals surface area contributed by atoms with Gasteiger partial charge in [0.05, 0.1) is 20.7 Å². The zero-order valence-electron chi connectivity index (χ0n) is 10.8. The van der Waals surface area contributed by atoms with Crippen LogP contribution in [0.5, 0.6) is 0 Å². The summed E-state index contributed by atoms with van der Waals surface area (Å²) in [6.45, 7) is 0. The van der Waals surface area contributed by atoms with Gasteiger partial charge in [-0.25, -0.2) is 0 Å². The van der Waals surface area contributed by atoms with Crippen molar-refractivity contribution in [3.63, 3.8) is 0 Å². The molecule has 0 radical (unpaired) electrons. The van der Waals surface area contributed by atoms with Crippen LogP contribution >= 0.6 is 34.8 Å². The molecule has 0 atom stereocenters. The van der Waals surface area contributed by atoms with E-state index in [1.807, 2.05) is 0 Å². The van der Waals surface area contributed by atoms with E-state index in [0.29, 0.717) is 5.02 Å². The predicted molar refractivity (Wildman–Crippen MR) is 85.7 cm³/mol. The van der Waals surface area contributed by atoms with Gasteiger partial charge in [0, 0.05) is 11.1 Å². The Morgan fingerprint density at radius 2 is 1.68 bits per heavy atom. The highest BCUT2D eigenvalue weighted by Gasteiger charge is 2.19. The third-order valence-electron chi connectivity index (χ3n) is 2.65. The van der Waals surface area contributed by atoms with Crippen molar-refractivity contribution in [3.8, 4) is 0 Å². The number of carbonyl (C=O) groups is 1. The Kier molecular flexibility index (Phi) is 5.07. The van der Waals surface area contributed by atoms with Crippen LogP contribution in [0.4, 0.5) is 11.4 Å². The van der Waals surface area contributed by atoms with Crippen LogP contribution in [0.25, 0.3) is 0 Å². The summed E-state index contributed by atoms with van der Waals surface area (Å²) in [5.74, 6) is -0.700. The molecular weight excluding hydrogens is 353 g/mol. The van der Waals surface area contributed by atoms with Crippen molar-refractivity contribution in [2.24, 2.45) is 0 Å². The van der Waals surface area contributed by atoms with E-state index < -0.39 is 10.8 Å². The largest absolute Gasteiger partial charge is 0.295 e. The van der Waals surface area contributed by atoms with Gasteiger partial charge in [-0.15, -0.1) is 0 Å². The first-order valence-electron chi connectivity index (χ1n) is 5.84. The van der Waals surface area contributed by atoms with Gasteiger partial charge in [0.15, 0.2) is 0 Å². The van der Waals surface area contributed by atoms with Crippen LogP contribution in [0.15, 0.2) is 36.4 Å². The quantitative estimate of drug-likeness (QED) is 0.628. The van der Waals surface area contributed by atoms with E-state index in [1.165, 1.54) is 36.4 Å². The molecule has 9 heteroatoms. The van der Waals surface area contributed by atoms with Crippen LogP contribution < -0.4 is 10.9 Å². The molecule has 6 nitrogen and oxygen atoms in total. The van der Waals surface area contributed by atoms with E-state index in [9.17, 15) is 14.9 Å². The fraction of sp³-hybridized carbons (Fsp3) is 0. The Morgan fingerprint density at radius 3 is 2.27 bits per heavy atom. The average Bonchev–Trinajstić information content (AvgIpc) is 2.45. The lowest BCUT2D eigenvalue weighted by molar-refractivity contribution is -0.385. The summed E-state index contributed by atoms with van der Waals surface area (Å²) in [6.07, 6.45) is 0. The number of nitrogens with zero attached hydrogens (tertiary/aromatic N) is 1. The zero-order chi connectivity index (χ0) is 16.3. The molecule has 0 spiro atoms. The van der Waals surface area contributed by atoms with Crippen molar-refractivity contribution in [2.45, 2.75) is 0 Å². The van der Waals surface area contributed by atoms with E-state index in [1.54, 1.807) is 0 Å². The van der Waals surface area contributed by atoms with Crippen LogP contribution in [0.3, 0.4) is 0 Å².